The van der Waals surface area contributed by atoms with E-state index in [1.807, 2.05) is 0 Å². The first kappa shape index (κ1) is 17.7. The molecule has 0 bridgehead atoms. The summed E-state index contributed by atoms with van der Waals surface area (Å²) in [5.41, 5.74) is 1.68. The van der Waals surface area contributed by atoms with Crippen LogP contribution in [0, 0.1) is 0 Å². The van der Waals surface area contributed by atoms with Crippen LogP contribution in [0.15, 0.2) is 53.3 Å². The Morgan fingerprint density at radius 2 is 1.68 bits per heavy atom. The molecule has 0 unspecified atom stereocenters. The van der Waals surface area contributed by atoms with Crippen molar-refractivity contribution >= 4 is 40.6 Å². The average Bonchev–Trinajstić information content (AvgIpc) is 2.60. The van der Waals surface area contributed by atoms with Crippen molar-refractivity contribution in [3.63, 3.8) is 0 Å². The van der Waals surface area contributed by atoms with E-state index in [4.69, 9.17) is 34.8 Å². The van der Waals surface area contributed by atoms with Gasteiger partial charge >= 0.3 is 0 Å². The molecule has 1 N–H and O–H groups in total. The highest BCUT2D eigenvalue weighted by atomic mass is 35.5. The van der Waals surface area contributed by atoms with Gasteiger partial charge in [0, 0.05) is 23.1 Å². The maximum atomic E-state index is 12.8. The lowest BCUT2D eigenvalue weighted by molar-refractivity contribution is 0.103. The molecule has 25 heavy (non-hydrogen) atoms. The zero-order valence-electron chi connectivity index (χ0n) is 12.7. The summed E-state index contributed by atoms with van der Waals surface area (Å²) >= 11 is 18.5. The molecule has 3 aromatic rings. The Hall–Kier alpha value is -2.14. The molecule has 0 fully saturated rings. The number of benzene rings is 2. The highest BCUT2D eigenvalue weighted by Gasteiger charge is 2.19. The van der Waals surface area contributed by atoms with E-state index in [0.29, 0.717) is 28.3 Å². The number of nitrogens with one attached hydrogen (secondary N) is 1. The first-order valence-electron chi connectivity index (χ1n) is 7.27. The van der Waals surface area contributed by atoms with Gasteiger partial charge in [0.05, 0.1) is 21.3 Å². The number of carbonyl (C=O) groups excluding carboxylic acids is 1. The van der Waals surface area contributed by atoms with E-state index in [1.54, 1.807) is 42.5 Å². The van der Waals surface area contributed by atoms with Gasteiger partial charge in [-0.15, -0.1) is 0 Å². The van der Waals surface area contributed by atoms with E-state index >= 15 is 0 Å². The van der Waals surface area contributed by atoms with Crippen LogP contribution in [0.5, 0.6) is 0 Å². The van der Waals surface area contributed by atoms with Gasteiger partial charge in [-0.2, -0.15) is 5.10 Å². The molecule has 3 rings (SSSR count). The van der Waals surface area contributed by atoms with E-state index in [1.165, 1.54) is 6.07 Å². The Morgan fingerprint density at radius 3 is 2.32 bits per heavy atom. The van der Waals surface area contributed by atoms with Gasteiger partial charge in [0.25, 0.3) is 5.56 Å². The third-order valence-corrected chi connectivity index (χ3v) is 4.61. The van der Waals surface area contributed by atoms with Gasteiger partial charge in [0.15, 0.2) is 5.78 Å². The number of aromatic amines is 1. The summed E-state index contributed by atoms with van der Waals surface area (Å²) in [7, 11) is 0. The summed E-state index contributed by atoms with van der Waals surface area (Å²) in [6.45, 7) is 0. The van der Waals surface area contributed by atoms with Crippen molar-refractivity contribution in [3.05, 3.63) is 96.3 Å². The van der Waals surface area contributed by atoms with Crippen molar-refractivity contribution in [2.75, 3.05) is 0 Å². The fourth-order valence-corrected chi connectivity index (χ4v) is 3.09. The largest absolute Gasteiger partial charge is 0.288 e. The number of hydrogen-bond acceptors (Lipinski definition) is 3. The topological polar surface area (TPSA) is 62.8 Å². The highest BCUT2D eigenvalue weighted by Crippen LogP contribution is 2.31. The fraction of sp³-hybridized carbons (Fsp3) is 0.0556. The Kier molecular flexibility index (Phi) is 5.23. The first-order chi connectivity index (χ1) is 12.0. The molecular weight excluding hydrogens is 383 g/mol. The molecule has 0 aliphatic carbocycles. The van der Waals surface area contributed by atoms with Crippen LogP contribution in [0.2, 0.25) is 15.1 Å². The summed E-state index contributed by atoms with van der Waals surface area (Å²) in [6, 6.07) is 12.8. The van der Waals surface area contributed by atoms with Gasteiger partial charge in [-0.1, -0.05) is 40.9 Å². The van der Waals surface area contributed by atoms with Crippen molar-refractivity contribution in [2.45, 2.75) is 6.42 Å². The molecule has 0 saturated carbocycles. The van der Waals surface area contributed by atoms with Gasteiger partial charge in [0.1, 0.15) is 0 Å². The lowest BCUT2D eigenvalue weighted by Gasteiger charge is -2.11. The number of halogens is 3. The Bertz CT molecular complexity index is 978. The normalized spacial score (nSPS) is 10.7. The summed E-state index contributed by atoms with van der Waals surface area (Å²) in [5, 5.41) is 7.38. The predicted molar refractivity (Wildman–Crippen MR) is 99.0 cm³/mol. The molecule has 7 heteroatoms. The molecule has 2 aromatic carbocycles. The monoisotopic (exact) mass is 392 g/mol. The van der Waals surface area contributed by atoms with E-state index in [-0.39, 0.29) is 27.0 Å². The number of hydrogen-bond donors (Lipinski definition) is 1. The first-order valence-corrected chi connectivity index (χ1v) is 8.41. The zero-order valence-corrected chi connectivity index (χ0v) is 15.0. The van der Waals surface area contributed by atoms with Crippen LogP contribution < -0.4 is 5.56 Å². The van der Waals surface area contributed by atoms with Crippen LogP contribution in [0.4, 0.5) is 0 Å². The summed E-state index contributed by atoms with van der Waals surface area (Å²) in [4.78, 5) is 23.9. The second-order valence-electron chi connectivity index (χ2n) is 5.32. The van der Waals surface area contributed by atoms with E-state index in [2.05, 4.69) is 10.2 Å². The van der Waals surface area contributed by atoms with Gasteiger partial charge in [-0.05, 0) is 42.0 Å². The lowest BCUT2D eigenvalue weighted by atomic mass is 9.99. The van der Waals surface area contributed by atoms with Crippen LogP contribution >= 0.6 is 34.8 Å². The molecular formula is C18H11Cl3N2O2. The maximum Gasteiger partial charge on any atom is 0.264 e. The van der Waals surface area contributed by atoms with Gasteiger partial charge in [0.2, 0.25) is 0 Å². The zero-order chi connectivity index (χ0) is 18.0. The van der Waals surface area contributed by atoms with Gasteiger partial charge in [-0.3, -0.25) is 9.59 Å². The average molecular weight is 394 g/mol. The van der Waals surface area contributed by atoms with E-state index in [9.17, 15) is 9.59 Å². The summed E-state index contributed by atoms with van der Waals surface area (Å²) < 4.78 is 0. The minimum atomic E-state index is -0.289. The number of nitrogens with zero attached hydrogens (tertiary/aromatic N) is 1. The Morgan fingerprint density at radius 1 is 0.960 bits per heavy atom. The van der Waals surface area contributed by atoms with Gasteiger partial charge < -0.3 is 0 Å². The van der Waals surface area contributed by atoms with Crippen LogP contribution in [0.25, 0.3) is 0 Å². The predicted octanol–water partition coefficient (Wildman–Crippen LogP) is 4.55. The van der Waals surface area contributed by atoms with Crippen molar-refractivity contribution in [2.24, 2.45) is 0 Å². The lowest BCUT2D eigenvalue weighted by Crippen LogP contribution is -2.09. The third kappa shape index (κ3) is 3.93. The number of aromatic nitrogens is 2. The second-order valence-corrected chi connectivity index (χ2v) is 6.54. The van der Waals surface area contributed by atoms with Crippen molar-refractivity contribution < 1.29 is 4.79 Å². The second kappa shape index (κ2) is 7.40. The number of carbonyl (C=O) groups is 1. The van der Waals surface area contributed by atoms with E-state index in [0.717, 1.165) is 0 Å². The molecule has 1 heterocycles. The number of H-pyrrole nitrogens is 1. The van der Waals surface area contributed by atoms with Crippen molar-refractivity contribution in [1.82, 2.24) is 10.2 Å². The number of rotatable bonds is 4. The smallest absolute Gasteiger partial charge is 0.264 e. The maximum absolute atomic E-state index is 12.8. The molecule has 0 radical (unpaired) electrons. The quantitative estimate of drug-likeness (QED) is 0.661. The molecule has 0 aliphatic heterocycles. The fourth-order valence-electron chi connectivity index (χ4n) is 2.35. The number of ketones is 1. The Balaban J connectivity index is 1.99. The summed E-state index contributed by atoms with van der Waals surface area (Å²) in [5.74, 6) is -0.289. The molecule has 0 amide bonds. The molecule has 0 aliphatic rings. The van der Waals surface area contributed by atoms with Crippen molar-refractivity contribution in [3.8, 4) is 0 Å². The van der Waals surface area contributed by atoms with Crippen LogP contribution in [-0.2, 0) is 6.42 Å². The van der Waals surface area contributed by atoms with Crippen molar-refractivity contribution in [1.29, 1.82) is 0 Å². The summed E-state index contributed by atoms with van der Waals surface area (Å²) in [6.07, 6.45) is 0.355. The SMILES string of the molecule is O=C(c1ccc(Cl)cc1)c1c(Cl)ccc(Cc2ccc(=O)[nH]n2)c1Cl. The molecule has 4 nitrogen and oxygen atoms in total. The van der Waals surface area contributed by atoms with Crippen LogP contribution in [0.1, 0.15) is 27.2 Å². The van der Waals surface area contributed by atoms with Crippen LogP contribution in [0.3, 0.4) is 0 Å². The molecule has 126 valence electrons. The molecule has 0 atom stereocenters. The Labute approximate surface area is 158 Å². The standard InChI is InChI=1S/C18H11Cl3N2O2/c19-12-4-1-10(2-5-12)18(25)16-14(20)7-3-11(17(16)21)9-13-6-8-15(24)23-22-13/h1-8H,9H2,(H,23,24). The molecule has 0 spiro atoms. The van der Waals surface area contributed by atoms with E-state index < -0.39 is 0 Å². The molecule has 0 saturated heterocycles. The minimum absolute atomic E-state index is 0.229. The minimum Gasteiger partial charge on any atom is -0.288 e. The van der Waals surface area contributed by atoms with Gasteiger partial charge in [-0.25, -0.2) is 5.10 Å². The van der Waals surface area contributed by atoms with Crippen LogP contribution in [-0.4, -0.2) is 16.0 Å². The third-order valence-electron chi connectivity index (χ3n) is 3.61. The molecule has 1 aromatic heterocycles. The highest BCUT2D eigenvalue weighted by molar-refractivity contribution is 6.41.